The van der Waals surface area contributed by atoms with Crippen molar-refractivity contribution < 1.29 is 9.59 Å². The molecule has 0 N–H and O–H groups in total. The lowest BCUT2D eigenvalue weighted by Crippen LogP contribution is -2.47. The number of carbonyl (C=O) groups is 2. The number of fused-ring (bicyclic) bond motifs is 4. The standard InChI is InChI=1S/C19H27N3O2S/c23-18(14-5-3-1-2-4-6-14)21-9-15-7-8-17(11-21)22(19(15)24)10-16-12-25-13-20-16/h12-15,17H,1-11H2/t15-,17+/m0/s1. The van der Waals surface area contributed by atoms with E-state index in [2.05, 4.69) is 4.98 Å². The van der Waals surface area contributed by atoms with Crippen LogP contribution in [0.3, 0.4) is 0 Å². The molecule has 2 atom stereocenters. The van der Waals surface area contributed by atoms with E-state index in [1.165, 1.54) is 25.7 Å². The molecule has 3 saturated heterocycles. The average Bonchev–Trinajstić information content (AvgIpc) is 2.83. The number of aromatic nitrogens is 1. The fraction of sp³-hybridized carbons (Fsp3) is 0.737. The van der Waals surface area contributed by atoms with Crippen LogP contribution in [0.15, 0.2) is 10.9 Å². The van der Waals surface area contributed by atoms with Crippen LogP contribution >= 0.6 is 11.3 Å². The Kier molecular flexibility index (Phi) is 5.06. The summed E-state index contributed by atoms with van der Waals surface area (Å²) in [7, 11) is 0. The predicted octanol–water partition coefficient (Wildman–Crippen LogP) is 3.06. The molecule has 5 nitrogen and oxygen atoms in total. The van der Waals surface area contributed by atoms with E-state index in [1.54, 1.807) is 11.3 Å². The van der Waals surface area contributed by atoms with Gasteiger partial charge >= 0.3 is 0 Å². The van der Waals surface area contributed by atoms with E-state index in [0.717, 1.165) is 31.4 Å². The molecule has 0 unspecified atom stereocenters. The van der Waals surface area contributed by atoms with Gasteiger partial charge in [0.05, 0.1) is 23.7 Å². The summed E-state index contributed by atoms with van der Waals surface area (Å²) in [5.74, 6) is 0.691. The first-order valence-corrected chi connectivity index (χ1v) is 10.6. The molecular formula is C19H27N3O2S. The number of hydrogen-bond donors (Lipinski definition) is 0. The minimum absolute atomic E-state index is 0.0212. The van der Waals surface area contributed by atoms with Crippen molar-refractivity contribution in [3.63, 3.8) is 0 Å². The van der Waals surface area contributed by atoms with E-state index in [9.17, 15) is 9.59 Å². The number of hydrogen-bond acceptors (Lipinski definition) is 4. The average molecular weight is 362 g/mol. The van der Waals surface area contributed by atoms with Gasteiger partial charge in [-0.1, -0.05) is 25.7 Å². The van der Waals surface area contributed by atoms with Crippen LogP contribution in [-0.4, -0.2) is 45.7 Å². The zero-order valence-electron chi connectivity index (χ0n) is 14.7. The van der Waals surface area contributed by atoms with Crippen molar-refractivity contribution in [3.05, 3.63) is 16.6 Å². The van der Waals surface area contributed by atoms with Gasteiger partial charge in [0.1, 0.15) is 0 Å². The second kappa shape index (κ2) is 7.44. The van der Waals surface area contributed by atoms with E-state index in [0.29, 0.717) is 25.5 Å². The van der Waals surface area contributed by atoms with Crippen LogP contribution in [0.1, 0.15) is 57.1 Å². The van der Waals surface area contributed by atoms with Gasteiger partial charge in [-0.25, -0.2) is 4.98 Å². The molecule has 0 radical (unpaired) electrons. The molecule has 0 spiro atoms. The van der Waals surface area contributed by atoms with Gasteiger partial charge in [-0.05, 0) is 25.7 Å². The Morgan fingerprint density at radius 3 is 2.64 bits per heavy atom. The lowest BCUT2D eigenvalue weighted by atomic mass is 9.94. The topological polar surface area (TPSA) is 53.5 Å². The summed E-state index contributed by atoms with van der Waals surface area (Å²) in [5.41, 5.74) is 2.78. The van der Waals surface area contributed by atoms with Gasteiger partial charge in [-0.3, -0.25) is 9.59 Å². The number of nitrogens with zero attached hydrogens (tertiary/aromatic N) is 3. The molecule has 4 heterocycles. The molecule has 6 heteroatoms. The van der Waals surface area contributed by atoms with Gasteiger partial charge in [-0.2, -0.15) is 0 Å². The SMILES string of the molecule is O=C(C1CCCCCC1)N1C[C@@H]2CC[C@H](C1)N(Cc1cscn1)C2=O. The summed E-state index contributed by atoms with van der Waals surface area (Å²) in [5, 5.41) is 2.01. The second-order valence-electron chi connectivity index (χ2n) is 7.81. The van der Waals surface area contributed by atoms with Gasteiger partial charge < -0.3 is 9.80 Å². The maximum Gasteiger partial charge on any atom is 0.228 e. The van der Waals surface area contributed by atoms with Gasteiger partial charge in [-0.15, -0.1) is 11.3 Å². The zero-order valence-corrected chi connectivity index (χ0v) is 15.5. The Morgan fingerprint density at radius 1 is 1.12 bits per heavy atom. The summed E-state index contributed by atoms with van der Waals surface area (Å²) in [6.45, 7) is 1.93. The Balaban J connectivity index is 1.48. The first kappa shape index (κ1) is 17.0. The molecule has 25 heavy (non-hydrogen) atoms. The van der Waals surface area contributed by atoms with Crippen molar-refractivity contribution in [1.82, 2.24) is 14.8 Å². The van der Waals surface area contributed by atoms with Crippen molar-refractivity contribution in [2.24, 2.45) is 11.8 Å². The van der Waals surface area contributed by atoms with Crippen LogP contribution in [-0.2, 0) is 16.1 Å². The van der Waals surface area contributed by atoms with Crippen LogP contribution in [0.4, 0.5) is 0 Å². The van der Waals surface area contributed by atoms with Crippen LogP contribution in [0.2, 0.25) is 0 Å². The van der Waals surface area contributed by atoms with Crippen molar-refractivity contribution in [2.45, 2.75) is 64.0 Å². The maximum atomic E-state index is 13.1. The molecule has 1 saturated carbocycles. The quantitative estimate of drug-likeness (QED) is 0.778. The minimum atomic E-state index is -0.0212. The van der Waals surface area contributed by atoms with E-state index in [1.807, 2.05) is 20.7 Å². The third-order valence-electron chi connectivity index (χ3n) is 6.13. The summed E-state index contributed by atoms with van der Waals surface area (Å²) in [6.07, 6.45) is 8.85. The van der Waals surface area contributed by atoms with E-state index < -0.39 is 0 Å². The van der Waals surface area contributed by atoms with E-state index in [-0.39, 0.29) is 23.8 Å². The monoisotopic (exact) mass is 361 g/mol. The number of thiazole rings is 1. The Labute approximate surface area is 153 Å². The third-order valence-corrected chi connectivity index (χ3v) is 6.76. The summed E-state index contributed by atoms with van der Waals surface area (Å²) in [4.78, 5) is 34.3. The van der Waals surface area contributed by atoms with Crippen LogP contribution < -0.4 is 0 Å². The minimum Gasteiger partial charge on any atom is -0.340 e. The normalized spacial score (nSPS) is 28.1. The summed E-state index contributed by atoms with van der Waals surface area (Å²) >= 11 is 1.57. The smallest absolute Gasteiger partial charge is 0.228 e. The van der Waals surface area contributed by atoms with E-state index in [4.69, 9.17) is 0 Å². The Morgan fingerprint density at radius 2 is 1.92 bits per heavy atom. The lowest BCUT2D eigenvalue weighted by Gasteiger charge is -2.35. The Hall–Kier alpha value is -1.43. The molecule has 2 amide bonds. The van der Waals surface area contributed by atoms with Crippen molar-refractivity contribution in [2.75, 3.05) is 13.1 Å². The summed E-state index contributed by atoms with van der Waals surface area (Å²) in [6, 6.07) is 0.155. The molecule has 0 aromatic carbocycles. The predicted molar refractivity (Wildman–Crippen MR) is 96.9 cm³/mol. The van der Waals surface area contributed by atoms with Gasteiger partial charge in [0.15, 0.2) is 0 Å². The fourth-order valence-corrected chi connectivity index (χ4v) is 5.25. The molecule has 4 aliphatic rings. The molecule has 5 rings (SSSR count). The van der Waals surface area contributed by atoms with Crippen LogP contribution in [0.5, 0.6) is 0 Å². The first-order valence-electron chi connectivity index (χ1n) is 9.68. The molecule has 3 aliphatic heterocycles. The highest BCUT2D eigenvalue weighted by molar-refractivity contribution is 7.07. The lowest BCUT2D eigenvalue weighted by molar-refractivity contribution is -0.140. The van der Waals surface area contributed by atoms with Crippen LogP contribution in [0, 0.1) is 11.8 Å². The van der Waals surface area contributed by atoms with Gasteiger partial charge in [0.2, 0.25) is 11.8 Å². The first-order chi connectivity index (χ1) is 12.2. The summed E-state index contributed by atoms with van der Waals surface area (Å²) < 4.78 is 0. The van der Waals surface area contributed by atoms with Crippen molar-refractivity contribution in [3.8, 4) is 0 Å². The highest BCUT2D eigenvalue weighted by Gasteiger charge is 2.42. The highest BCUT2D eigenvalue weighted by Crippen LogP contribution is 2.32. The third kappa shape index (κ3) is 3.59. The number of carbonyl (C=O) groups excluding carboxylic acids is 2. The largest absolute Gasteiger partial charge is 0.340 e. The van der Waals surface area contributed by atoms with Gasteiger partial charge in [0, 0.05) is 30.4 Å². The highest BCUT2D eigenvalue weighted by atomic mass is 32.1. The number of amides is 2. The van der Waals surface area contributed by atoms with E-state index >= 15 is 0 Å². The zero-order chi connectivity index (χ0) is 17.2. The second-order valence-corrected chi connectivity index (χ2v) is 8.52. The molecule has 1 aromatic heterocycles. The van der Waals surface area contributed by atoms with Crippen molar-refractivity contribution in [1.29, 1.82) is 0 Å². The molecule has 2 bridgehead atoms. The molecule has 4 fully saturated rings. The molecular weight excluding hydrogens is 334 g/mol. The molecule has 1 aromatic rings. The van der Waals surface area contributed by atoms with Gasteiger partial charge in [0.25, 0.3) is 0 Å². The van der Waals surface area contributed by atoms with Crippen molar-refractivity contribution >= 4 is 23.2 Å². The maximum absolute atomic E-state index is 13.1. The number of rotatable bonds is 3. The fourth-order valence-electron chi connectivity index (χ4n) is 4.70. The Bertz CT molecular complexity index is 610. The molecule has 1 aliphatic carbocycles. The van der Waals surface area contributed by atoms with Crippen LogP contribution in [0.25, 0.3) is 0 Å². The molecule has 136 valence electrons. The number of piperidine rings is 1.